The van der Waals surface area contributed by atoms with Gasteiger partial charge in [-0.25, -0.2) is 4.79 Å². The average molecular weight is 678 g/mol. The first-order valence-electron chi connectivity index (χ1n) is 19.9. The van der Waals surface area contributed by atoms with Gasteiger partial charge >= 0.3 is 5.97 Å². The van der Waals surface area contributed by atoms with Crippen LogP contribution in [0, 0.1) is 0 Å². The van der Waals surface area contributed by atoms with Crippen molar-refractivity contribution < 1.29 is 19.5 Å². The van der Waals surface area contributed by atoms with E-state index in [9.17, 15) is 19.5 Å². The summed E-state index contributed by atoms with van der Waals surface area (Å²) in [6.07, 6.45) is 42.7. The van der Waals surface area contributed by atoms with Crippen molar-refractivity contribution in [3.8, 4) is 0 Å². The van der Waals surface area contributed by atoms with Crippen LogP contribution in [0.15, 0.2) is 24.3 Å². The molecule has 0 saturated heterocycles. The first-order valence-corrected chi connectivity index (χ1v) is 21.3. The first-order chi connectivity index (χ1) is 23.0. The number of rotatable bonds is 35. The van der Waals surface area contributed by atoms with Crippen molar-refractivity contribution >= 4 is 29.5 Å². The highest BCUT2D eigenvalue weighted by molar-refractivity contribution is 7.98. The van der Waals surface area contributed by atoms with Crippen LogP contribution in [-0.4, -0.2) is 45.8 Å². The lowest BCUT2D eigenvalue weighted by Gasteiger charge is -2.27. The van der Waals surface area contributed by atoms with Gasteiger partial charge in [0.1, 0.15) is 6.04 Å². The highest BCUT2D eigenvalue weighted by Crippen LogP contribution is 2.18. The molecule has 274 valence electrons. The summed E-state index contributed by atoms with van der Waals surface area (Å²) in [5, 5.41) is 9.91. The molecule has 1 atom stereocenters. The Kier molecular flexibility index (Phi) is 34.6. The molecule has 0 bridgehead atoms. The van der Waals surface area contributed by atoms with Gasteiger partial charge in [0.25, 0.3) is 0 Å². The van der Waals surface area contributed by atoms with Crippen LogP contribution in [0.3, 0.4) is 0 Å². The van der Waals surface area contributed by atoms with Gasteiger partial charge in [-0.15, -0.1) is 0 Å². The third-order valence-electron chi connectivity index (χ3n) is 9.03. The Hall–Kier alpha value is -1.56. The van der Waals surface area contributed by atoms with Crippen LogP contribution >= 0.6 is 11.8 Å². The second-order valence-corrected chi connectivity index (χ2v) is 14.4. The van der Waals surface area contributed by atoms with Crippen LogP contribution < -0.4 is 0 Å². The molecule has 0 spiro atoms. The molecule has 5 nitrogen and oxygen atoms in total. The van der Waals surface area contributed by atoms with Gasteiger partial charge in [-0.05, 0) is 82.6 Å². The van der Waals surface area contributed by atoms with Gasteiger partial charge in [-0.2, -0.15) is 11.8 Å². The number of carbonyl (C=O) groups excluding carboxylic acids is 2. The predicted molar refractivity (Wildman–Crippen MR) is 205 cm³/mol. The summed E-state index contributed by atoms with van der Waals surface area (Å²) in [7, 11) is 0. The Labute approximate surface area is 295 Å². The molecule has 0 heterocycles. The summed E-state index contributed by atoms with van der Waals surface area (Å²) < 4.78 is 0. The van der Waals surface area contributed by atoms with Crippen molar-refractivity contribution in [3.05, 3.63) is 24.3 Å². The lowest BCUT2D eigenvalue weighted by molar-refractivity contribution is -0.158. The number of hydrogen-bond donors (Lipinski definition) is 1. The fraction of sp³-hybridized carbons (Fsp3) is 0.829. The third-order valence-corrected chi connectivity index (χ3v) is 9.68. The summed E-state index contributed by atoms with van der Waals surface area (Å²) in [5.41, 5.74) is 0. The van der Waals surface area contributed by atoms with E-state index in [1.54, 1.807) is 11.8 Å². The van der Waals surface area contributed by atoms with Crippen LogP contribution in [0.2, 0.25) is 0 Å². The largest absolute Gasteiger partial charge is 0.480 e. The number of unbranched alkanes of at least 4 members (excludes halogenated alkanes) is 22. The average Bonchev–Trinajstić information content (AvgIpc) is 3.06. The van der Waals surface area contributed by atoms with Crippen molar-refractivity contribution in [1.29, 1.82) is 0 Å². The van der Waals surface area contributed by atoms with Gasteiger partial charge in [0, 0.05) is 12.8 Å². The summed E-state index contributed by atoms with van der Waals surface area (Å²) in [5.74, 6) is -1.09. The lowest BCUT2D eigenvalue weighted by Crippen LogP contribution is -2.49. The molecular formula is C41H75NO4S. The number of carbonyl (C=O) groups is 3. The fourth-order valence-electron chi connectivity index (χ4n) is 6.01. The zero-order chi connectivity index (χ0) is 34.6. The molecule has 0 aliphatic rings. The molecule has 0 fully saturated rings. The van der Waals surface area contributed by atoms with Gasteiger partial charge in [0.2, 0.25) is 11.8 Å². The minimum Gasteiger partial charge on any atom is -0.480 e. The molecule has 6 heteroatoms. The molecule has 0 aliphatic carbocycles. The van der Waals surface area contributed by atoms with E-state index in [1.807, 2.05) is 6.26 Å². The summed E-state index contributed by atoms with van der Waals surface area (Å²) in [6, 6.07) is -1.06. The zero-order valence-corrected chi connectivity index (χ0v) is 31.9. The van der Waals surface area contributed by atoms with Gasteiger partial charge in [-0.3, -0.25) is 14.5 Å². The normalized spacial score (nSPS) is 12.3. The minimum atomic E-state index is -1.07. The Morgan fingerprint density at radius 2 is 0.851 bits per heavy atom. The van der Waals surface area contributed by atoms with Crippen LogP contribution in [0.4, 0.5) is 0 Å². The zero-order valence-electron chi connectivity index (χ0n) is 31.1. The second-order valence-electron chi connectivity index (χ2n) is 13.5. The number of nitrogens with zero attached hydrogens (tertiary/aromatic N) is 1. The first kappa shape index (κ1) is 45.4. The molecule has 2 amide bonds. The number of thioether (sulfide) groups is 1. The van der Waals surface area contributed by atoms with Crippen molar-refractivity contribution in [2.24, 2.45) is 0 Å². The fourth-order valence-corrected chi connectivity index (χ4v) is 6.47. The van der Waals surface area contributed by atoms with E-state index in [-0.39, 0.29) is 24.7 Å². The van der Waals surface area contributed by atoms with E-state index < -0.39 is 12.0 Å². The maximum Gasteiger partial charge on any atom is 0.326 e. The number of allylic oxidation sites excluding steroid dienone is 4. The molecule has 0 aromatic heterocycles. The van der Waals surface area contributed by atoms with Crippen LogP contribution in [0.25, 0.3) is 0 Å². The number of hydrogen-bond acceptors (Lipinski definition) is 4. The Morgan fingerprint density at radius 3 is 1.17 bits per heavy atom. The van der Waals surface area contributed by atoms with E-state index in [2.05, 4.69) is 38.2 Å². The van der Waals surface area contributed by atoms with E-state index in [1.165, 1.54) is 89.9 Å². The van der Waals surface area contributed by atoms with E-state index in [0.717, 1.165) is 69.1 Å². The third kappa shape index (κ3) is 29.1. The molecule has 0 aliphatic heterocycles. The molecule has 0 radical (unpaired) electrons. The van der Waals surface area contributed by atoms with E-state index >= 15 is 0 Å². The minimum absolute atomic E-state index is 0.249. The van der Waals surface area contributed by atoms with Gasteiger partial charge < -0.3 is 5.11 Å². The van der Waals surface area contributed by atoms with Crippen LogP contribution in [0.5, 0.6) is 0 Å². The predicted octanol–water partition coefficient (Wildman–Crippen LogP) is 12.6. The molecule has 47 heavy (non-hydrogen) atoms. The summed E-state index contributed by atoms with van der Waals surface area (Å²) in [6.45, 7) is 4.51. The van der Waals surface area contributed by atoms with Gasteiger partial charge in [0.05, 0.1) is 0 Å². The maximum atomic E-state index is 13.2. The van der Waals surface area contributed by atoms with E-state index in [4.69, 9.17) is 0 Å². The molecule has 1 N–H and O–H groups in total. The smallest absolute Gasteiger partial charge is 0.326 e. The van der Waals surface area contributed by atoms with Gasteiger partial charge in [-0.1, -0.05) is 141 Å². The van der Waals surface area contributed by atoms with Crippen LogP contribution in [-0.2, 0) is 14.4 Å². The van der Waals surface area contributed by atoms with E-state index in [0.29, 0.717) is 25.0 Å². The molecular weight excluding hydrogens is 603 g/mol. The highest BCUT2D eigenvalue weighted by atomic mass is 32.2. The van der Waals surface area contributed by atoms with Crippen molar-refractivity contribution in [1.82, 2.24) is 4.90 Å². The lowest BCUT2D eigenvalue weighted by atomic mass is 10.1. The molecule has 0 saturated carbocycles. The number of amides is 2. The summed E-state index contributed by atoms with van der Waals surface area (Å²) >= 11 is 1.54. The molecule has 0 aromatic rings. The van der Waals surface area contributed by atoms with Crippen molar-refractivity contribution in [2.45, 2.75) is 206 Å². The Bertz CT molecular complexity index is 744. The van der Waals surface area contributed by atoms with Crippen LogP contribution in [0.1, 0.15) is 200 Å². The maximum absolute atomic E-state index is 13.2. The van der Waals surface area contributed by atoms with Crippen molar-refractivity contribution in [2.75, 3.05) is 12.0 Å². The number of carboxylic acid groups (broad SMARTS) is 1. The Balaban J connectivity index is 4.30. The number of imide groups is 1. The second kappa shape index (κ2) is 35.7. The summed E-state index contributed by atoms with van der Waals surface area (Å²) in [4.78, 5) is 39.6. The molecule has 0 aromatic carbocycles. The highest BCUT2D eigenvalue weighted by Gasteiger charge is 2.33. The molecule has 1 unspecified atom stereocenters. The molecule has 0 rings (SSSR count). The monoisotopic (exact) mass is 678 g/mol. The van der Waals surface area contributed by atoms with Gasteiger partial charge in [0.15, 0.2) is 0 Å². The topological polar surface area (TPSA) is 74.7 Å². The van der Waals surface area contributed by atoms with Crippen molar-refractivity contribution in [3.63, 3.8) is 0 Å². The number of aliphatic carboxylic acids is 1. The SMILES string of the molecule is CCCCCCCC/C=C\CCCCCCCC(=O)N(C(=O)CCCCCCC/C=C\CCCCCCCC)C(CCSC)C(=O)O. The Morgan fingerprint density at radius 1 is 0.532 bits per heavy atom. The number of carboxylic acids is 1. The standard InChI is InChI=1S/C41H75NO4S/c1-4-6-8-10-12-14-16-18-20-22-24-26-28-30-32-34-39(43)42(38(41(45)46)36-37-47-3)40(44)35-33-31-29-27-25-23-21-19-17-15-13-11-9-7-5-2/h18-21,38H,4-17,22-37H2,1-3H3,(H,45,46)/b20-18-,21-19-. The quantitative estimate of drug-likeness (QED) is 0.0534.